The van der Waals surface area contributed by atoms with Crippen LogP contribution in [0.3, 0.4) is 0 Å². The molecule has 0 unspecified atom stereocenters. The number of piperidine rings is 1. The van der Waals surface area contributed by atoms with Crippen LogP contribution in [0.1, 0.15) is 25.7 Å². The smallest absolute Gasteiger partial charge is 0.231 e. The largest absolute Gasteiger partial charge is 0.381 e. The zero-order valence-corrected chi connectivity index (χ0v) is 10.4. The number of amides is 1. The number of carbonyl (C=O) groups is 1. The van der Waals surface area contributed by atoms with Gasteiger partial charge in [0.05, 0.1) is 6.54 Å². The lowest BCUT2D eigenvalue weighted by Gasteiger charge is -2.35. The van der Waals surface area contributed by atoms with Crippen LogP contribution in [0.5, 0.6) is 0 Å². The van der Waals surface area contributed by atoms with Gasteiger partial charge in [-0.25, -0.2) is 0 Å². The average molecular weight is 241 g/mol. The quantitative estimate of drug-likeness (QED) is 0.709. The molecule has 0 aliphatic carbocycles. The van der Waals surface area contributed by atoms with Crippen LogP contribution < -0.4 is 11.1 Å². The summed E-state index contributed by atoms with van der Waals surface area (Å²) in [6, 6.07) is 1.22. The summed E-state index contributed by atoms with van der Waals surface area (Å²) in [5.74, 6) is -0.221. The zero-order chi connectivity index (χ0) is 12.1. The first-order chi connectivity index (χ1) is 8.24. The zero-order valence-electron chi connectivity index (χ0n) is 10.4. The average Bonchev–Trinajstić information content (AvgIpc) is 2.32. The first-order valence-corrected chi connectivity index (χ1v) is 6.58. The first kappa shape index (κ1) is 12.8. The molecule has 2 fully saturated rings. The predicted octanol–water partition coefficient (Wildman–Crippen LogP) is -0.295. The molecule has 0 aromatic rings. The van der Waals surface area contributed by atoms with Gasteiger partial charge in [-0.05, 0) is 25.7 Å². The number of carbonyl (C=O) groups excluding carboxylic acids is 1. The van der Waals surface area contributed by atoms with E-state index in [4.69, 9.17) is 10.5 Å². The van der Waals surface area contributed by atoms with Gasteiger partial charge in [-0.3, -0.25) is 9.69 Å². The summed E-state index contributed by atoms with van der Waals surface area (Å²) in [6.45, 7) is 4.13. The minimum atomic E-state index is -0.221. The highest BCUT2D eigenvalue weighted by atomic mass is 16.5. The summed E-state index contributed by atoms with van der Waals surface area (Å²) < 4.78 is 5.35. The molecular weight excluding hydrogens is 218 g/mol. The lowest BCUT2D eigenvalue weighted by atomic mass is 10.0. The molecule has 2 aliphatic heterocycles. The molecule has 5 heteroatoms. The second kappa shape index (κ2) is 6.33. The monoisotopic (exact) mass is 241 g/mol. The van der Waals surface area contributed by atoms with Gasteiger partial charge < -0.3 is 15.8 Å². The SMILES string of the molecule is NC(=O)CN1CCC(NC2CCOCC2)CC1. The van der Waals surface area contributed by atoms with E-state index < -0.39 is 0 Å². The molecule has 2 rings (SSSR count). The number of likely N-dealkylation sites (tertiary alicyclic amines) is 1. The number of ether oxygens (including phenoxy) is 1. The normalized spacial score (nSPS) is 24.9. The Morgan fingerprint density at radius 2 is 1.76 bits per heavy atom. The maximum Gasteiger partial charge on any atom is 0.231 e. The molecule has 1 amide bonds. The molecule has 0 aromatic heterocycles. The van der Waals surface area contributed by atoms with Crippen LogP contribution in [-0.2, 0) is 9.53 Å². The highest BCUT2D eigenvalue weighted by Gasteiger charge is 2.23. The predicted molar refractivity (Wildman–Crippen MR) is 65.6 cm³/mol. The van der Waals surface area contributed by atoms with Crippen molar-refractivity contribution in [1.82, 2.24) is 10.2 Å². The molecule has 0 atom stereocenters. The minimum absolute atomic E-state index is 0.221. The third-order valence-corrected chi connectivity index (χ3v) is 3.66. The van der Waals surface area contributed by atoms with Crippen molar-refractivity contribution in [2.45, 2.75) is 37.8 Å². The number of hydrogen-bond donors (Lipinski definition) is 2. The Kier molecular flexibility index (Phi) is 4.76. The van der Waals surface area contributed by atoms with Crippen molar-refractivity contribution < 1.29 is 9.53 Å². The number of primary amides is 1. The number of rotatable bonds is 4. The third kappa shape index (κ3) is 4.26. The third-order valence-electron chi connectivity index (χ3n) is 3.66. The lowest BCUT2D eigenvalue weighted by molar-refractivity contribution is -0.119. The maximum absolute atomic E-state index is 10.8. The molecule has 0 radical (unpaired) electrons. The van der Waals surface area contributed by atoms with E-state index in [0.717, 1.165) is 52.0 Å². The van der Waals surface area contributed by atoms with Gasteiger partial charge in [0.15, 0.2) is 0 Å². The Labute approximate surface area is 103 Å². The molecule has 0 saturated carbocycles. The molecule has 0 bridgehead atoms. The van der Waals surface area contributed by atoms with Gasteiger partial charge >= 0.3 is 0 Å². The van der Waals surface area contributed by atoms with Crippen molar-refractivity contribution in [3.8, 4) is 0 Å². The molecule has 17 heavy (non-hydrogen) atoms. The molecular formula is C12H23N3O2. The molecule has 0 spiro atoms. The Balaban J connectivity index is 1.66. The Hall–Kier alpha value is -0.650. The Morgan fingerprint density at radius 3 is 2.35 bits per heavy atom. The van der Waals surface area contributed by atoms with Crippen molar-refractivity contribution in [3.05, 3.63) is 0 Å². The minimum Gasteiger partial charge on any atom is -0.381 e. The van der Waals surface area contributed by atoms with Crippen LogP contribution in [0.4, 0.5) is 0 Å². The van der Waals surface area contributed by atoms with E-state index in [2.05, 4.69) is 10.2 Å². The van der Waals surface area contributed by atoms with Gasteiger partial charge in [-0.1, -0.05) is 0 Å². The summed E-state index contributed by atoms with van der Waals surface area (Å²) in [5, 5.41) is 3.71. The maximum atomic E-state index is 10.8. The van der Waals surface area contributed by atoms with Crippen LogP contribution in [0.25, 0.3) is 0 Å². The number of nitrogens with two attached hydrogens (primary N) is 1. The highest BCUT2D eigenvalue weighted by Crippen LogP contribution is 2.14. The lowest BCUT2D eigenvalue weighted by Crippen LogP contribution is -2.49. The molecule has 2 aliphatic rings. The Bertz CT molecular complexity index is 246. The fraction of sp³-hybridized carbons (Fsp3) is 0.917. The summed E-state index contributed by atoms with van der Waals surface area (Å²) >= 11 is 0. The number of nitrogens with one attached hydrogen (secondary N) is 1. The molecule has 0 aromatic carbocycles. The van der Waals surface area contributed by atoms with Gasteiger partial charge in [0.1, 0.15) is 0 Å². The van der Waals surface area contributed by atoms with Crippen molar-refractivity contribution in [3.63, 3.8) is 0 Å². The van der Waals surface area contributed by atoms with E-state index >= 15 is 0 Å². The van der Waals surface area contributed by atoms with Gasteiger partial charge in [-0.15, -0.1) is 0 Å². The first-order valence-electron chi connectivity index (χ1n) is 6.58. The van der Waals surface area contributed by atoms with Crippen LogP contribution in [0.15, 0.2) is 0 Å². The number of hydrogen-bond acceptors (Lipinski definition) is 4. The van der Waals surface area contributed by atoms with Crippen LogP contribution >= 0.6 is 0 Å². The molecule has 5 nitrogen and oxygen atoms in total. The Morgan fingerprint density at radius 1 is 1.18 bits per heavy atom. The fourth-order valence-corrected chi connectivity index (χ4v) is 2.68. The van der Waals surface area contributed by atoms with E-state index in [1.807, 2.05) is 0 Å². The topological polar surface area (TPSA) is 67.6 Å². The van der Waals surface area contributed by atoms with Crippen molar-refractivity contribution in [2.75, 3.05) is 32.8 Å². The van der Waals surface area contributed by atoms with Crippen molar-refractivity contribution >= 4 is 5.91 Å². The molecule has 98 valence electrons. The van der Waals surface area contributed by atoms with Gasteiger partial charge in [0.25, 0.3) is 0 Å². The van der Waals surface area contributed by atoms with Gasteiger partial charge in [0, 0.05) is 38.4 Å². The van der Waals surface area contributed by atoms with E-state index in [-0.39, 0.29) is 5.91 Å². The molecule has 2 heterocycles. The number of nitrogens with zero attached hydrogens (tertiary/aromatic N) is 1. The van der Waals surface area contributed by atoms with E-state index in [1.165, 1.54) is 0 Å². The highest BCUT2D eigenvalue weighted by molar-refractivity contribution is 5.75. The standard InChI is InChI=1S/C12H23N3O2/c13-12(16)9-15-5-1-10(2-6-15)14-11-3-7-17-8-4-11/h10-11,14H,1-9H2,(H2,13,16). The molecule has 3 N–H and O–H groups in total. The van der Waals surface area contributed by atoms with E-state index in [0.29, 0.717) is 18.6 Å². The van der Waals surface area contributed by atoms with Gasteiger partial charge in [0.2, 0.25) is 5.91 Å². The van der Waals surface area contributed by atoms with Crippen LogP contribution in [0, 0.1) is 0 Å². The van der Waals surface area contributed by atoms with Gasteiger partial charge in [-0.2, -0.15) is 0 Å². The molecule has 2 saturated heterocycles. The second-order valence-electron chi connectivity index (χ2n) is 5.07. The summed E-state index contributed by atoms with van der Waals surface area (Å²) in [4.78, 5) is 13.0. The van der Waals surface area contributed by atoms with Crippen LogP contribution in [0.2, 0.25) is 0 Å². The van der Waals surface area contributed by atoms with Crippen molar-refractivity contribution in [2.24, 2.45) is 5.73 Å². The summed E-state index contributed by atoms with van der Waals surface area (Å²) in [5.41, 5.74) is 5.20. The fourth-order valence-electron chi connectivity index (χ4n) is 2.68. The van der Waals surface area contributed by atoms with Crippen LogP contribution in [-0.4, -0.2) is 55.7 Å². The summed E-state index contributed by atoms with van der Waals surface area (Å²) in [6.07, 6.45) is 4.48. The summed E-state index contributed by atoms with van der Waals surface area (Å²) in [7, 11) is 0. The van der Waals surface area contributed by atoms with Crippen molar-refractivity contribution in [1.29, 1.82) is 0 Å². The van der Waals surface area contributed by atoms with E-state index in [1.54, 1.807) is 0 Å². The van der Waals surface area contributed by atoms with E-state index in [9.17, 15) is 4.79 Å². The second-order valence-corrected chi connectivity index (χ2v) is 5.07.